The maximum absolute atomic E-state index is 12.2. The van der Waals surface area contributed by atoms with Crippen molar-refractivity contribution in [1.29, 1.82) is 0 Å². The van der Waals surface area contributed by atoms with Gasteiger partial charge in [-0.15, -0.1) is 0 Å². The third kappa shape index (κ3) is 3.11. The predicted octanol–water partition coefficient (Wildman–Crippen LogP) is 3.00. The number of aryl methyl sites for hydroxylation is 1. The molecule has 0 spiro atoms. The van der Waals surface area contributed by atoms with Crippen LogP contribution in [0.15, 0.2) is 16.7 Å². The quantitative estimate of drug-likeness (QED) is 0.835. The summed E-state index contributed by atoms with van der Waals surface area (Å²) in [6.45, 7) is 7.84. The van der Waals surface area contributed by atoms with Gasteiger partial charge in [-0.2, -0.15) is 0 Å². The van der Waals surface area contributed by atoms with Crippen LogP contribution in [0.5, 0.6) is 0 Å². The highest BCUT2D eigenvalue weighted by Crippen LogP contribution is 2.16. The highest BCUT2D eigenvalue weighted by atomic mass is 79.9. The molecule has 0 aromatic carbocycles. The van der Waals surface area contributed by atoms with E-state index in [1.54, 1.807) is 4.90 Å². The minimum absolute atomic E-state index is 0.0845. The molecule has 90 valence electrons. The molecule has 3 nitrogen and oxygen atoms in total. The van der Waals surface area contributed by atoms with Crippen molar-refractivity contribution in [2.75, 3.05) is 13.6 Å². The van der Waals surface area contributed by atoms with E-state index in [1.807, 2.05) is 30.8 Å². The predicted molar refractivity (Wildman–Crippen MR) is 69.6 cm³/mol. The van der Waals surface area contributed by atoms with E-state index < -0.39 is 0 Å². The summed E-state index contributed by atoms with van der Waals surface area (Å²) < 4.78 is 2.92. The molecule has 1 amide bonds. The van der Waals surface area contributed by atoms with E-state index in [1.165, 1.54) is 0 Å². The van der Waals surface area contributed by atoms with E-state index in [9.17, 15) is 4.79 Å². The zero-order valence-electron chi connectivity index (χ0n) is 10.3. The molecule has 0 saturated carbocycles. The van der Waals surface area contributed by atoms with Crippen LogP contribution in [0.2, 0.25) is 0 Å². The van der Waals surface area contributed by atoms with Crippen molar-refractivity contribution in [3.05, 3.63) is 22.4 Å². The Morgan fingerprint density at radius 1 is 1.56 bits per heavy atom. The Kier molecular flexibility index (Phi) is 4.59. The minimum atomic E-state index is 0.0845. The summed E-state index contributed by atoms with van der Waals surface area (Å²) in [5.74, 6) is 0.573. The van der Waals surface area contributed by atoms with Crippen molar-refractivity contribution in [3.63, 3.8) is 0 Å². The van der Waals surface area contributed by atoms with Crippen LogP contribution in [0.25, 0.3) is 0 Å². The van der Waals surface area contributed by atoms with Gasteiger partial charge in [-0.25, -0.2) is 0 Å². The Labute approximate surface area is 106 Å². The lowest BCUT2D eigenvalue weighted by atomic mass is 10.2. The molecule has 1 aromatic heterocycles. The first-order chi connectivity index (χ1) is 7.45. The van der Waals surface area contributed by atoms with Gasteiger partial charge in [-0.1, -0.05) is 13.8 Å². The van der Waals surface area contributed by atoms with Gasteiger partial charge >= 0.3 is 0 Å². The van der Waals surface area contributed by atoms with Crippen molar-refractivity contribution in [2.24, 2.45) is 5.92 Å². The number of amides is 1. The van der Waals surface area contributed by atoms with Crippen molar-refractivity contribution in [1.82, 2.24) is 9.47 Å². The fourth-order valence-electron chi connectivity index (χ4n) is 1.74. The zero-order chi connectivity index (χ0) is 12.3. The summed E-state index contributed by atoms with van der Waals surface area (Å²) in [6.07, 6.45) is 1.94. The van der Waals surface area contributed by atoms with Gasteiger partial charge in [0.05, 0.1) is 0 Å². The lowest BCUT2D eigenvalue weighted by Crippen LogP contribution is -2.31. The Morgan fingerprint density at radius 3 is 2.69 bits per heavy atom. The first kappa shape index (κ1) is 13.3. The molecular weight excluding hydrogens is 268 g/mol. The fraction of sp³-hybridized carbons (Fsp3) is 0.583. The van der Waals surface area contributed by atoms with Crippen LogP contribution in [0.1, 0.15) is 31.3 Å². The Morgan fingerprint density at radius 2 is 2.19 bits per heavy atom. The second kappa shape index (κ2) is 5.53. The highest BCUT2D eigenvalue weighted by molar-refractivity contribution is 9.10. The van der Waals surface area contributed by atoms with E-state index in [-0.39, 0.29) is 5.91 Å². The zero-order valence-corrected chi connectivity index (χ0v) is 11.9. The van der Waals surface area contributed by atoms with Crippen LogP contribution in [0.3, 0.4) is 0 Å². The molecule has 0 aliphatic carbocycles. The molecule has 16 heavy (non-hydrogen) atoms. The molecule has 0 aliphatic rings. The van der Waals surface area contributed by atoms with Gasteiger partial charge in [0.25, 0.3) is 5.91 Å². The lowest BCUT2D eigenvalue weighted by Gasteiger charge is -2.19. The molecule has 0 unspecified atom stereocenters. The summed E-state index contributed by atoms with van der Waals surface area (Å²) >= 11 is 3.40. The van der Waals surface area contributed by atoms with E-state index in [4.69, 9.17) is 0 Å². The van der Waals surface area contributed by atoms with Crippen LogP contribution in [0, 0.1) is 5.92 Å². The van der Waals surface area contributed by atoms with Crippen molar-refractivity contribution in [3.8, 4) is 0 Å². The first-order valence-electron chi connectivity index (χ1n) is 5.56. The topological polar surface area (TPSA) is 25.2 Å². The first-order valence-corrected chi connectivity index (χ1v) is 6.36. The average molecular weight is 287 g/mol. The maximum Gasteiger partial charge on any atom is 0.270 e. The summed E-state index contributed by atoms with van der Waals surface area (Å²) in [4.78, 5) is 13.9. The van der Waals surface area contributed by atoms with Crippen LogP contribution in [-0.2, 0) is 6.54 Å². The van der Waals surface area contributed by atoms with Crippen LogP contribution in [0.4, 0.5) is 0 Å². The van der Waals surface area contributed by atoms with Crippen LogP contribution >= 0.6 is 15.9 Å². The number of carbonyl (C=O) groups excluding carboxylic acids is 1. The molecule has 0 radical (unpaired) electrons. The van der Waals surface area contributed by atoms with Crippen molar-refractivity contribution >= 4 is 21.8 Å². The monoisotopic (exact) mass is 286 g/mol. The number of halogens is 1. The number of hydrogen-bond donors (Lipinski definition) is 0. The third-order valence-electron chi connectivity index (χ3n) is 2.41. The largest absolute Gasteiger partial charge is 0.343 e. The molecule has 0 aliphatic heterocycles. The number of carbonyl (C=O) groups is 1. The second-order valence-electron chi connectivity index (χ2n) is 4.41. The summed E-state index contributed by atoms with van der Waals surface area (Å²) in [5.41, 5.74) is 0.748. The molecule has 0 bridgehead atoms. The molecule has 0 fully saturated rings. The van der Waals surface area contributed by atoms with Gasteiger partial charge in [-0.3, -0.25) is 4.79 Å². The normalized spacial score (nSPS) is 10.9. The SMILES string of the molecule is CCn1cc(Br)cc1C(=O)N(C)CC(C)C. The molecule has 0 atom stereocenters. The molecule has 1 aromatic rings. The number of hydrogen-bond acceptors (Lipinski definition) is 1. The standard InChI is InChI=1S/C12H19BrN2O/c1-5-15-8-10(13)6-11(15)12(16)14(4)7-9(2)3/h6,8-9H,5,7H2,1-4H3. The third-order valence-corrected chi connectivity index (χ3v) is 2.84. The van der Waals surface area contributed by atoms with E-state index in [0.717, 1.165) is 23.3 Å². The van der Waals surface area contributed by atoms with Crippen molar-refractivity contribution < 1.29 is 4.79 Å². The van der Waals surface area contributed by atoms with Gasteiger partial charge < -0.3 is 9.47 Å². The van der Waals surface area contributed by atoms with E-state index >= 15 is 0 Å². The molecular formula is C12H19BrN2O. The molecule has 1 rings (SSSR count). The molecule has 0 saturated heterocycles. The van der Waals surface area contributed by atoms with Gasteiger partial charge in [0.15, 0.2) is 0 Å². The summed E-state index contributed by atoms with van der Waals surface area (Å²) in [7, 11) is 1.85. The molecule has 4 heteroatoms. The summed E-state index contributed by atoms with van der Waals surface area (Å²) in [6, 6.07) is 1.88. The van der Waals surface area contributed by atoms with Crippen molar-refractivity contribution in [2.45, 2.75) is 27.3 Å². The molecule has 0 N–H and O–H groups in total. The maximum atomic E-state index is 12.2. The van der Waals surface area contributed by atoms with Gasteiger partial charge in [0.2, 0.25) is 0 Å². The Balaban J connectivity index is 2.86. The van der Waals surface area contributed by atoms with Gasteiger partial charge in [0.1, 0.15) is 5.69 Å². The van der Waals surface area contributed by atoms with Crippen LogP contribution < -0.4 is 0 Å². The second-order valence-corrected chi connectivity index (χ2v) is 5.32. The number of nitrogens with zero attached hydrogens (tertiary/aromatic N) is 2. The average Bonchev–Trinajstić information content (AvgIpc) is 2.57. The highest BCUT2D eigenvalue weighted by Gasteiger charge is 2.17. The lowest BCUT2D eigenvalue weighted by molar-refractivity contribution is 0.0768. The fourth-order valence-corrected chi connectivity index (χ4v) is 2.21. The van der Waals surface area contributed by atoms with E-state index in [0.29, 0.717) is 5.92 Å². The van der Waals surface area contributed by atoms with Gasteiger partial charge in [0, 0.05) is 30.8 Å². The molecule has 1 heterocycles. The minimum Gasteiger partial charge on any atom is -0.343 e. The van der Waals surface area contributed by atoms with Crippen LogP contribution in [-0.4, -0.2) is 29.0 Å². The van der Waals surface area contributed by atoms with Gasteiger partial charge in [-0.05, 0) is 34.8 Å². The Hall–Kier alpha value is -0.770. The smallest absolute Gasteiger partial charge is 0.270 e. The summed E-state index contributed by atoms with van der Waals surface area (Å²) in [5, 5.41) is 0. The van der Waals surface area contributed by atoms with E-state index in [2.05, 4.69) is 29.8 Å². The number of rotatable bonds is 4. The number of aromatic nitrogens is 1. The Bertz CT molecular complexity index is 371.